The molecule has 2 nitrogen and oxygen atoms in total. The molecular weight excluding hydrogens is 334 g/mol. The Hall–Kier alpha value is -1.91. The molecule has 0 N–H and O–H groups in total. The number of rotatable bonds is 3. The molecule has 1 aliphatic rings. The zero-order chi connectivity index (χ0) is 17.3. The van der Waals surface area contributed by atoms with E-state index in [0.29, 0.717) is 10.9 Å². The Bertz CT molecular complexity index is 840. The zero-order valence-corrected chi connectivity index (χ0v) is 15.6. The highest BCUT2D eigenvalue weighted by molar-refractivity contribution is 8.26. The number of thioether (sulfide) groups is 1. The summed E-state index contributed by atoms with van der Waals surface area (Å²) in [5.74, 6) is 0.00424. The van der Waals surface area contributed by atoms with Crippen molar-refractivity contribution < 1.29 is 4.79 Å². The molecule has 0 saturated carbocycles. The molecule has 24 heavy (non-hydrogen) atoms. The van der Waals surface area contributed by atoms with Gasteiger partial charge in [-0.15, -0.1) is 0 Å². The first-order valence-electron chi connectivity index (χ1n) is 7.83. The predicted molar refractivity (Wildman–Crippen MR) is 106 cm³/mol. The predicted octanol–water partition coefficient (Wildman–Crippen LogP) is 5.09. The summed E-state index contributed by atoms with van der Waals surface area (Å²) in [7, 11) is 0. The van der Waals surface area contributed by atoms with Crippen molar-refractivity contribution in [3.8, 4) is 0 Å². The van der Waals surface area contributed by atoms with Gasteiger partial charge in [0.1, 0.15) is 4.32 Å². The second-order valence-corrected chi connectivity index (χ2v) is 7.64. The Morgan fingerprint density at radius 3 is 2.46 bits per heavy atom. The van der Waals surface area contributed by atoms with Crippen LogP contribution in [-0.4, -0.2) is 15.1 Å². The summed E-state index contributed by atoms with van der Waals surface area (Å²) in [6.07, 6.45) is 0. The summed E-state index contributed by atoms with van der Waals surface area (Å²) in [4.78, 5) is 15.3. The maximum Gasteiger partial charge on any atom is 0.266 e. The molecule has 122 valence electrons. The van der Waals surface area contributed by atoms with Crippen molar-refractivity contribution in [2.45, 2.75) is 27.3 Å². The van der Waals surface area contributed by atoms with E-state index in [0.717, 1.165) is 21.6 Å². The van der Waals surface area contributed by atoms with E-state index in [1.165, 1.54) is 22.9 Å². The van der Waals surface area contributed by atoms with E-state index in [-0.39, 0.29) is 5.91 Å². The second-order valence-electron chi connectivity index (χ2n) is 6.00. The number of hydrogen-bond acceptors (Lipinski definition) is 3. The van der Waals surface area contributed by atoms with E-state index in [1.54, 1.807) is 4.90 Å². The lowest BCUT2D eigenvalue weighted by Crippen LogP contribution is -2.27. The largest absolute Gasteiger partial charge is 0.288 e. The van der Waals surface area contributed by atoms with Crippen LogP contribution in [0.1, 0.15) is 29.2 Å². The molecular formula is C20H19NOS2. The van der Waals surface area contributed by atoms with Gasteiger partial charge in [-0.25, -0.2) is 0 Å². The van der Waals surface area contributed by atoms with E-state index < -0.39 is 0 Å². The summed E-state index contributed by atoms with van der Waals surface area (Å²) in [5.41, 5.74) is 5.64. The smallest absolute Gasteiger partial charge is 0.266 e. The maximum atomic E-state index is 12.8. The molecule has 0 unspecified atom stereocenters. The van der Waals surface area contributed by atoms with Gasteiger partial charge in [-0.1, -0.05) is 72.5 Å². The molecule has 0 radical (unpaired) electrons. The van der Waals surface area contributed by atoms with E-state index in [9.17, 15) is 4.79 Å². The van der Waals surface area contributed by atoms with Crippen LogP contribution in [0.15, 0.2) is 53.4 Å². The van der Waals surface area contributed by atoms with Crippen LogP contribution in [0.25, 0.3) is 5.57 Å². The topological polar surface area (TPSA) is 20.3 Å². The van der Waals surface area contributed by atoms with Crippen molar-refractivity contribution in [3.05, 3.63) is 75.7 Å². The third-order valence-electron chi connectivity index (χ3n) is 4.31. The Kier molecular flexibility index (Phi) is 4.88. The minimum atomic E-state index is 0.00424. The molecule has 0 bridgehead atoms. The van der Waals surface area contributed by atoms with Gasteiger partial charge in [-0.2, -0.15) is 0 Å². The third-order valence-corrected chi connectivity index (χ3v) is 5.86. The number of nitrogens with zero attached hydrogens (tertiary/aromatic N) is 1. The number of hydrogen-bond donors (Lipinski definition) is 0. The number of carbonyl (C=O) groups excluding carboxylic acids is 1. The van der Waals surface area contributed by atoms with Crippen LogP contribution >= 0.6 is 24.0 Å². The zero-order valence-electron chi connectivity index (χ0n) is 14.0. The number of thiocarbonyl (C=S) groups is 1. The number of aryl methyl sites for hydroxylation is 2. The standard InChI is InChI=1S/C20H19NOS2/c1-13-9-10-17(11-14(13)2)15(3)18-19(22)21(20(23)24-18)12-16-7-5-4-6-8-16/h4-11H,12H2,1-3H3/b18-15+. The fraction of sp³-hybridized carbons (Fsp3) is 0.200. The Morgan fingerprint density at radius 1 is 1.08 bits per heavy atom. The Labute approximate surface area is 152 Å². The molecule has 1 aliphatic heterocycles. The number of allylic oxidation sites excluding steroid dienone is 1. The average molecular weight is 354 g/mol. The van der Waals surface area contributed by atoms with E-state index in [1.807, 2.05) is 37.3 Å². The highest BCUT2D eigenvalue weighted by atomic mass is 32.2. The second kappa shape index (κ2) is 6.91. The molecule has 0 aromatic heterocycles. The van der Waals surface area contributed by atoms with Crippen LogP contribution in [0.4, 0.5) is 0 Å². The molecule has 0 spiro atoms. The van der Waals surface area contributed by atoms with Crippen LogP contribution in [0.2, 0.25) is 0 Å². The van der Waals surface area contributed by atoms with Crippen LogP contribution in [-0.2, 0) is 11.3 Å². The van der Waals surface area contributed by atoms with Gasteiger partial charge in [0, 0.05) is 0 Å². The third kappa shape index (κ3) is 3.30. The van der Waals surface area contributed by atoms with Gasteiger partial charge in [-0.3, -0.25) is 9.69 Å². The lowest BCUT2D eigenvalue weighted by Gasteiger charge is -2.14. The molecule has 1 amide bonds. The normalized spacial score (nSPS) is 16.7. The Morgan fingerprint density at radius 2 is 1.79 bits per heavy atom. The van der Waals surface area contributed by atoms with Crippen molar-refractivity contribution in [1.82, 2.24) is 4.90 Å². The molecule has 4 heteroatoms. The lowest BCUT2D eigenvalue weighted by molar-refractivity contribution is -0.122. The summed E-state index contributed by atoms with van der Waals surface area (Å²) < 4.78 is 0.627. The summed E-state index contributed by atoms with van der Waals surface area (Å²) in [6, 6.07) is 16.2. The van der Waals surface area contributed by atoms with Crippen LogP contribution in [0, 0.1) is 13.8 Å². The summed E-state index contributed by atoms with van der Waals surface area (Å²) in [5, 5.41) is 0. The molecule has 0 atom stereocenters. The Balaban J connectivity index is 1.91. The molecule has 0 aliphatic carbocycles. The summed E-state index contributed by atoms with van der Waals surface area (Å²) in [6.45, 7) is 6.70. The van der Waals surface area contributed by atoms with E-state index in [2.05, 4.69) is 32.0 Å². The van der Waals surface area contributed by atoms with Gasteiger partial charge in [0.05, 0.1) is 11.4 Å². The quantitative estimate of drug-likeness (QED) is 0.566. The van der Waals surface area contributed by atoms with E-state index >= 15 is 0 Å². The fourth-order valence-corrected chi connectivity index (χ4v) is 3.93. The van der Waals surface area contributed by atoms with Crippen LogP contribution in [0.3, 0.4) is 0 Å². The van der Waals surface area contributed by atoms with Gasteiger partial charge in [0.25, 0.3) is 5.91 Å². The molecule has 2 aromatic carbocycles. The van der Waals surface area contributed by atoms with Crippen LogP contribution in [0.5, 0.6) is 0 Å². The first-order chi connectivity index (χ1) is 11.5. The monoisotopic (exact) mass is 353 g/mol. The lowest BCUT2D eigenvalue weighted by atomic mass is 10.0. The van der Waals surface area contributed by atoms with Gasteiger partial charge in [0.2, 0.25) is 0 Å². The number of amides is 1. The minimum Gasteiger partial charge on any atom is -0.288 e. The van der Waals surface area contributed by atoms with Crippen molar-refractivity contribution in [2.75, 3.05) is 0 Å². The summed E-state index contributed by atoms with van der Waals surface area (Å²) >= 11 is 6.84. The van der Waals surface area contributed by atoms with Crippen molar-refractivity contribution in [3.63, 3.8) is 0 Å². The molecule has 3 rings (SSSR count). The van der Waals surface area contributed by atoms with Gasteiger partial charge < -0.3 is 0 Å². The fourth-order valence-electron chi connectivity index (χ4n) is 2.64. The molecule has 1 fully saturated rings. The number of carbonyl (C=O) groups is 1. The van der Waals surface area contributed by atoms with Crippen molar-refractivity contribution >= 4 is 39.8 Å². The van der Waals surface area contributed by atoms with Gasteiger partial charge in [-0.05, 0) is 48.6 Å². The highest BCUT2D eigenvalue weighted by Crippen LogP contribution is 2.37. The maximum absolute atomic E-state index is 12.8. The molecule has 1 saturated heterocycles. The van der Waals surface area contributed by atoms with Gasteiger partial charge in [0.15, 0.2) is 0 Å². The van der Waals surface area contributed by atoms with Gasteiger partial charge >= 0.3 is 0 Å². The molecule has 2 aromatic rings. The SMILES string of the molecule is C/C(=C1\SC(=S)N(Cc2ccccc2)C1=O)c1ccc(C)c(C)c1. The molecule has 1 heterocycles. The average Bonchev–Trinajstić information content (AvgIpc) is 2.86. The highest BCUT2D eigenvalue weighted by Gasteiger charge is 2.33. The first kappa shape index (κ1) is 16.9. The van der Waals surface area contributed by atoms with Crippen LogP contribution < -0.4 is 0 Å². The minimum absolute atomic E-state index is 0.00424. The van der Waals surface area contributed by atoms with Crippen molar-refractivity contribution in [2.24, 2.45) is 0 Å². The number of benzene rings is 2. The van der Waals surface area contributed by atoms with E-state index in [4.69, 9.17) is 12.2 Å². The first-order valence-corrected chi connectivity index (χ1v) is 9.06. The van der Waals surface area contributed by atoms with Crippen molar-refractivity contribution in [1.29, 1.82) is 0 Å².